The van der Waals surface area contributed by atoms with Gasteiger partial charge in [0.2, 0.25) is 0 Å². The number of methoxy groups -OCH3 is 2. The molecule has 0 fully saturated rings. The first kappa shape index (κ1) is 18.1. The van der Waals surface area contributed by atoms with E-state index in [1.807, 2.05) is 30.3 Å². The summed E-state index contributed by atoms with van der Waals surface area (Å²) in [6, 6.07) is 9.79. The van der Waals surface area contributed by atoms with Gasteiger partial charge >= 0.3 is 5.69 Å². The van der Waals surface area contributed by atoms with Gasteiger partial charge in [-0.05, 0) is 5.56 Å². The van der Waals surface area contributed by atoms with Gasteiger partial charge in [0.05, 0.1) is 32.6 Å². The van der Waals surface area contributed by atoms with Crippen LogP contribution < -0.4 is 11.2 Å². The van der Waals surface area contributed by atoms with Gasteiger partial charge in [0.25, 0.3) is 5.56 Å². The van der Waals surface area contributed by atoms with Crippen molar-refractivity contribution in [3.8, 4) is 0 Å². The molecule has 0 bridgehead atoms. The third kappa shape index (κ3) is 3.47. The highest BCUT2D eigenvalue weighted by atomic mass is 16.5. The number of imidazole rings is 1. The number of nitrogens with zero attached hydrogens (tertiary/aromatic N) is 4. The summed E-state index contributed by atoms with van der Waals surface area (Å²) >= 11 is 0. The Kier molecular flexibility index (Phi) is 5.65. The molecular formula is C18H22N4O4. The van der Waals surface area contributed by atoms with Crippen LogP contribution in [0, 0.1) is 0 Å². The Labute approximate surface area is 150 Å². The average molecular weight is 358 g/mol. The molecule has 8 heteroatoms. The molecule has 3 rings (SSSR count). The van der Waals surface area contributed by atoms with Crippen LogP contribution >= 0.6 is 0 Å². The van der Waals surface area contributed by atoms with Crippen LogP contribution in [0.1, 0.15) is 5.56 Å². The molecule has 0 aliphatic heterocycles. The van der Waals surface area contributed by atoms with Gasteiger partial charge in [-0.3, -0.25) is 13.9 Å². The molecule has 2 heterocycles. The molecule has 0 amide bonds. The van der Waals surface area contributed by atoms with Crippen molar-refractivity contribution in [3.05, 3.63) is 63.1 Å². The van der Waals surface area contributed by atoms with Gasteiger partial charge in [-0.2, -0.15) is 0 Å². The van der Waals surface area contributed by atoms with Crippen LogP contribution in [-0.4, -0.2) is 46.1 Å². The molecule has 0 saturated carbocycles. The molecule has 0 N–H and O–H groups in total. The minimum atomic E-state index is -0.401. The van der Waals surface area contributed by atoms with Crippen LogP contribution in [-0.2, 0) is 29.1 Å². The number of rotatable bonds is 8. The lowest BCUT2D eigenvalue weighted by Gasteiger charge is -2.12. The van der Waals surface area contributed by atoms with E-state index in [0.717, 1.165) is 5.56 Å². The minimum absolute atomic E-state index is 0.188. The summed E-state index contributed by atoms with van der Waals surface area (Å²) < 4.78 is 14.6. The minimum Gasteiger partial charge on any atom is -0.383 e. The summed E-state index contributed by atoms with van der Waals surface area (Å²) in [7, 11) is 3.10. The van der Waals surface area contributed by atoms with Crippen molar-refractivity contribution < 1.29 is 9.47 Å². The average Bonchev–Trinajstić information content (AvgIpc) is 3.06. The fourth-order valence-electron chi connectivity index (χ4n) is 2.90. The van der Waals surface area contributed by atoms with Crippen molar-refractivity contribution in [2.24, 2.45) is 0 Å². The van der Waals surface area contributed by atoms with Gasteiger partial charge in [0.15, 0.2) is 11.2 Å². The molecule has 26 heavy (non-hydrogen) atoms. The van der Waals surface area contributed by atoms with Crippen molar-refractivity contribution >= 4 is 11.2 Å². The highest BCUT2D eigenvalue weighted by molar-refractivity contribution is 5.70. The lowest BCUT2D eigenvalue weighted by molar-refractivity contribution is 0.179. The number of hydrogen-bond donors (Lipinski definition) is 0. The zero-order valence-corrected chi connectivity index (χ0v) is 14.9. The molecular weight excluding hydrogens is 336 g/mol. The van der Waals surface area contributed by atoms with Crippen molar-refractivity contribution in [1.29, 1.82) is 0 Å². The van der Waals surface area contributed by atoms with Gasteiger partial charge < -0.3 is 14.0 Å². The van der Waals surface area contributed by atoms with Gasteiger partial charge in [0, 0.05) is 20.8 Å². The predicted molar refractivity (Wildman–Crippen MR) is 97.5 cm³/mol. The largest absolute Gasteiger partial charge is 0.383 e. The quantitative estimate of drug-likeness (QED) is 0.592. The second-order valence-corrected chi connectivity index (χ2v) is 5.91. The van der Waals surface area contributed by atoms with E-state index in [4.69, 9.17) is 9.47 Å². The Bertz CT molecular complexity index is 988. The maximum absolute atomic E-state index is 13.0. The van der Waals surface area contributed by atoms with E-state index >= 15 is 0 Å². The molecule has 2 aromatic heterocycles. The topological polar surface area (TPSA) is 80.3 Å². The van der Waals surface area contributed by atoms with Gasteiger partial charge in [-0.1, -0.05) is 30.3 Å². The highest BCUT2D eigenvalue weighted by Crippen LogP contribution is 2.10. The van der Waals surface area contributed by atoms with Crippen LogP contribution in [0.3, 0.4) is 0 Å². The van der Waals surface area contributed by atoms with E-state index in [-0.39, 0.29) is 18.7 Å². The Morgan fingerprint density at radius 1 is 0.962 bits per heavy atom. The molecule has 0 unspecified atom stereocenters. The summed E-state index contributed by atoms with van der Waals surface area (Å²) in [5.41, 5.74) is 1.07. The lowest BCUT2D eigenvalue weighted by atomic mass is 10.2. The summed E-state index contributed by atoms with van der Waals surface area (Å²) in [6.07, 6.45) is 1.60. The first-order valence-electron chi connectivity index (χ1n) is 8.37. The Balaban J connectivity index is 2.16. The van der Waals surface area contributed by atoms with Crippen molar-refractivity contribution in [2.45, 2.75) is 19.6 Å². The fourth-order valence-corrected chi connectivity index (χ4v) is 2.90. The summed E-state index contributed by atoms with van der Waals surface area (Å²) in [5.74, 6) is 0. The molecule has 138 valence electrons. The maximum Gasteiger partial charge on any atom is 0.332 e. The van der Waals surface area contributed by atoms with E-state index in [0.29, 0.717) is 30.9 Å². The van der Waals surface area contributed by atoms with Crippen molar-refractivity contribution in [1.82, 2.24) is 18.7 Å². The van der Waals surface area contributed by atoms with Crippen LogP contribution in [0.4, 0.5) is 0 Å². The fraction of sp³-hybridized carbons (Fsp3) is 0.389. The standard InChI is InChI=1S/C18H22N4O4/c1-25-10-8-21-16-15(17(23)22(18(21)24)9-11-26-2)20(13-19-16)12-14-6-4-3-5-7-14/h3-7,13H,8-12H2,1-2H3. The number of aromatic nitrogens is 4. The van der Waals surface area contributed by atoms with Crippen LogP contribution in [0.2, 0.25) is 0 Å². The Morgan fingerprint density at radius 3 is 2.27 bits per heavy atom. The first-order valence-corrected chi connectivity index (χ1v) is 8.37. The zero-order valence-electron chi connectivity index (χ0n) is 14.9. The second kappa shape index (κ2) is 8.11. The van der Waals surface area contributed by atoms with E-state index in [9.17, 15) is 9.59 Å². The highest BCUT2D eigenvalue weighted by Gasteiger charge is 2.18. The van der Waals surface area contributed by atoms with Gasteiger partial charge in [-0.25, -0.2) is 9.78 Å². The molecule has 0 aliphatic carbocycles. The molecule has 0 saturated heterocycles. The Morgan fingerprint density at radius 2 is 1.62 bits per heavy atom. The smallest absolute Gasteiger partial charge is 0.332 e. The second-order valence-electron chi connectivity index (χ2n) is 5.91. The van der Waals surface area contributed by atoms with Crippen LogP contribution in [0.15, 0.2) is 46.2 Å². The van der Waals surface area contributed by atoms with Crippen molar-refractivity contribution in [2.75, 3.05) is 27.4 Å². The zero-order chi connectivity index (χ0) is 18.5. The molecule has 0 spiro atoms. The molecule has 0 atom stereocenters. The normalized spacial score (nSPS) is 11.3. The van der Waals surface area contributed by atoms with E-state index in [2.05, 4.69) is 4.98 Å². The summed E-state index contributed by atoms with van der Waals surface area (Å²) in [5, 5.41) is 0. The Hall–Kier alpha value is -2.71. The molecule has 0 radical (unpaired) electrons. The van der Waals surface area contributed by atoms with Gasteiger partial charge in [0.1, 0.15) is 0 Å². The molecule has 3 aromatic rings. The number of fused-ring (bicyclic) bond motifs is 1. The SMILES string of the molecule is COCCn1c(=O)c2c(ncn2Cc2ccccc2)n(CCOC)c1=O. The summed E-state index contributed by atoms with van der Waals surface area (Å²) in [4.78, 5) is 30.0. The van der Waals surface area contributed by atoms with Crippen molar-refractivity contribution in [3.63, 3.8) is 0 Å². The van der Waals surface area contributed by atoms with E-state index in [1.54, 1.807) is 18.0 Å². The molecule has 1 aromatic carbocycles. The number of hydrogen-bond acceptors (Lipinski definition) is 5. The first-order chi connectivity index (χ1) is 12.7. The van der Waals surface area contributed by atoms with E-state index in [1.165, 1.54) is 16.2 Å². The monoisotopic (exact) mass is 358 g/mol. The molecule has 0 aliphatic rings. The number of benzene rings is 1. The predicted octanol–water partition coefficient (Wildman–Crippen LogP) is 0.701. The van der Waals surface area contributed by atoms with Crippen LogP contribution in [0.5, 0.6) is 0 Å². The van der Waals surface area contributed by atoms with Gasteiger partial charge in [-0.15, -0.1) is 0 Å². The maximum atomic E-state index is 13.0. The van der Waals surface area contributed by atoms with Crippen LogP contribution in [0.25, 0.3) is 11.2 Å². The third-order valence-corrected chi connectivity index (χ3v) is 4.22. The summed E-state index contributed by atoms with van der Waals surface area (Å²) in [6.45, 7) is 1.63. The molecule has 8 nitrogen and oxygen atoms in total. The van der Waals surface area contributed by atoms with E-state index < -0.39 is 5.69 Å². The lowest BCUT2D eigenvalue weighted by Crippen LogP contribution is -2.42. The number of ether oxygens (including phenoxy) is 2. The third-order valence-electron chi connectivity index (χ3n) is 4.22.